The molecule has 2 aromatic heterocycles. The first-order chi connectivity index (χ1) is 16.0. The minimum atomic E-state index is -0.554. The van der Waals surface area contributed by atoms with Crippen molar-refractivity contribution in [3.05, 3.63) is 92.1 Å². The van der Waals surface area contributed by atoms with Gasteiger partial charge < -0.3 is 15.3 Å². The van der Waals surface area contributed by atoms with Crippen LogP contribution in [0.1, 0.15) is 32.7 Å². The molecule has 0 aliphatic rings. The van der Waals surface area contributed by atoms with Gasteiger partial charge in [-0.2, -0.15) is 0 Å². The van der Waals surface area contributed by atoms with Crippen molar-refractivity contribution >= 4 is 33.8 Å². The summed E-state index contributed by atoms with van der Waals surface area (Å²) < 4.78 is 1.78. The Morgan fingerprint density at radius 3 is 2.48 bits per heavy atom. The number of benzene rings is 2. The van der Waals surface area contributed by atoms with Gasteiger partial charge in [0.15, 0.2) is 10.7 Å². The normalized spacial score (nSPS) is 11.5. The molecule has 0 aliphatic carbocycles. The highest BCUT2D eigenvalue weighted by molar-refractivity contribution is 7.15. The number of aliphatic hydroxyl groups is 3. The number of fused-ring (bicyclic) bond motifs is 1. The molecule has 0 saturated heterocycles. The third-order valence-electron chi connectivity index (χ3n) is 5.25. The summed E-state index contributed by atoms with van der Waals surface area (Å²) in [6, 6.07) is 9.19. The van der Waals surface area contributed by atoms with E-state index in [0.29, 0.717) is 38.6 Å². The maximum Gasteiger partial charge on any atom is 0.275 e. The van der Waals surface area contributed by atoms with Crippen LogP contribution in [0.5, 0.6) is 0 Å². The monoisotopic (exact) mass is 465 g/mol. The van der Waals surface area contributed by atoms with Gasteiger partial charge in [-0.1, -0.05) is 18.2 Å². The molecule has 0 radical (unpaired) electrons. The highest BCUT2D eigenvalue weighted by Crippen LogP contribution is 2.32. The summed E-state index contributed by atoms with van der Waals surface area (Å²) in [5, 5.41) is 41.5. The molecule has 9 nitrogen and oxygen atoms in total. The number of hydrogen-bond donors (Lipinski definition) is 3. The van der Waals surface area contributed by atoms with E-state index in [0.717, 1.165) is 0 Å². The molecule has 2 aromatic carbocycles. The standard InChI is InChI=1S/C23H19N3O6S/c27-11-16-3-1-14(9-18(16)13-29)21(30)6-5-19-22(24-23-25(19)7-8-33-23)15-2-4-17(12-28)20(10-15)26(31)32/h1-10,27-29H,11-13H2/b6-5+. The zero-order valence-electron chi connectivity index (χ0n) is 17.2. The van der Waals surface area contributed by atoms with Crippen LogP contribution in [0, 0.1) is 10.1 Å². The van der Waals surface area contributed by atoms with Crippen molar-refractivity contribution in [2.75, 3.05) is 0 Å². The first kappa shape index (κ1) is 22.5. The molecule has 0 atom stereocenters. The lowest BCUT2D eigenvalue weighted by atomic mass is 10.0. The number of allylic oxidation sites excluding steroid dienone is 1. The van der Waals surface area contributed by atoms with Crippen LogP contribution in [0.2, 0.25) is 0 Å². The average Bonchev–Trinajstić information content (AvgIpc) is 3.43. The molecule has 0 saturated carbocycles. The number of imidazole rings is 1. The van der Waals surface area contributed by atoms with E-state index in [4.69, 9.17) is 0 Å². The zero-order chi connectivity index (χ0) is 23.5. The quantitative estimate of drug-likeness (QED) is 0.157. The van der Waals surface area contributed by atoms with Crippen molar-refractivity contribution in [1.29, 1.82) is 0 Å². The van der Waals surface area contributed by atoms with Gasteiger partial charge in [-0.25, -0.2) is 4.98 Å². The zero-order valence-corrected chi connectivity index (χ0v) is 18.0. The van der Waals surface area contributed by atoms with Gasteiger partial charge >= 0.3 is 0 Å². The number of aliphatic hydroxyl groups excluding tert-OH is 3. The minimum absolute atomic E-state index is 0.197. The second kappa shape index (κ2) is 9.43. The second-order valence-electron chi connectivity index (χ2n) is 7.16. The maximum absolute atomic E-state index is 12.8. The Morgan fingerprint density at radius 2 is 1.79 bits per heavy atom. The first-order valence-corrected chi connectivity index (χ1v) is 10.7. The van der Waals surface area contributed by atoms with Crippen molar-refractivity contribution < 1.29 is 25.0 Å². The summed E-state index contributed by atoms with van der Waals surface area (Å²) in [6.07, 6.45) is 4.75. The molecule has 0 unspecified atom stereocenters. The molecule has 0 fully saturated rings. The van der Waals surface area contributed by atoms with Crippen molar-refractivity contribution in [1.82, 2.24) is 9.38 Å². The van der Waals surface area contributed by atoms with Gasteiger partial charge in [0.05, 0.1) is 41.7 Å². The summed E-state index contributed by atoms with van der Waals surface area (Å²) in [4.78, 5) is 28.9. The molecular weight excluding hydrogens is 446 g/mol. The molecule has 4 aromatic rings. The smallest absolute Gasteiger partial charge is 0.275 e. The summed E-state index contributed by atoms with van der Waals surface area (Å²) in [7, 11) is 0. The Kier molecular flexibility index (Phi) is 6.43. The fourth-order valence-corrected chi connectivity index (χ4v) is 4.24. The van der Waals surface area contributed by atoms with E-state index in [9.17, 15) is 30.2 Å². The van der Waals surface area contributed by atoms with E-state index in [1.165, 1.54) is 35.6 Å². The van der Waals surface area contributed by atoms with E-state index in [1.54, 1.807) is 34.9 Å². The molecule has 3 N–H and O–H groups in total. The molecule has 168 valence electrons. The second-order valence-corrected chi connectivity index (χ2v) is 8.03. The van der Waals surface area contributed by atoms with E-state index < -0.39 is 11.5 Å². The molecular formula is C23H19N3O6S. The number of hydrogen-bond acceptors (Lipinski definition) is 8. The van der Waals surface area contributed by atoms with Gasteiger partial charge in [0.1, 0.15) is 0 Å². The van der Waals surface area contributed by atoms with Crippen LogP contribution >= 0.6 is 11.3 Å². The van der Waals surface area contributed by atoms with Crippen molar-refractivity contribution in [3.8, 4) is 11.3 Å². The lowest BCUT2D eigenvalue weighted by molar-refractivity contribution is -0.385. The van der Waals surface area contributed by atoms with Gasteiger partial charge in [-0.15, -0.1) is 11.3 Å². The number of thiazole rings is 1. The van der Waals surface area contributed by atoms with E-state index >= 15 is 0 Å². The third-order valence-corrected chi connectivity index (χ3v) is 6.01. The molecule has 0 aliphatic heterocycles. The average molecular weight is 465 g/mol. The lowest BCUT2D eigenvalue weighted by Crippen LogP contribution is -2.00. The van der Waals surface area contributed by atoms with E-state index in [1.807, 2.05) is 5.38 Å². The number of nitro benzene ring substituents is 1. The fourth-order valence-electron chi connectivity index (χ4n) is 3.52. The number of nitro groups is 1. The van der Waals surface area contributed by atoms with Gasteiger partial charge in [-0.05, 0) is 35.4 Å². The number of ketones is 1. The number of aromatic nitrogens is 2. The molecule has 0 amide bonds. The highest BCUT2D eigenvalue weighted by atomic mass is 32.1. The minimum Gasteiger partial charge on any atom is -0.392 e. The van der Waals surface area contributed by atoms with Crippen LogP contribution < -0.4 is 0 Å². The summed E-state index contributed by atoms with van der Waals surface area (Å²) in [6.45, 7) is -0.997. The Balaban J connectivity index is 1.75. The number of rotatable bonds is 8. The Bertz CT molecular complexity index is 1390. The van der Waals surface area contributed by atoms with Crippen LogP contribution in [-0.4, -0.2) is 35.4 Å². The van der Waals surface area contributed by atoms with E-state index in [2.05, 4.69) is 4.98 Å². The largest absolute Gasteiger partial charge is 0.392 e. The molecule has 33 heavy (non-hydrogen) atoms. The predicted molar refractivity (Wildman–Crippen MR) is 123 cm³/mol. The van der Waals surface area contributed by atoms with Gasteiger partial charge in [0.25, 0.3) is 5.69 Å². The molecule has 0 bridgehead atoms. The summed E-state index contributed by atoms with van der Waals surface area (Å²) >= 11 is 1.38. The SMILES string of the molecule is O=C(/C=C/c1c(-c2ccc(CO)c([N+](=O)[O-])c2)nc2sccn12)c1ccc(CO)c(CO)c1. The fraction of sp³-hybridized carbons (Fsp3) is 0.130. The third kappa shape index (κ3) is 4.32. The maximum atomic E-state index is 12.8. The predicted octanol–water partition coefficient (Wildman–Crippen LogP) is 3.34. The topological polar surface area (TPSA) is 138 Å². The van der Waals surface area contributed by atoms with Crippen LogP contribution in [-0.2, 0) is 19.8 Å². The summed E-state index contributed by atoms with van der Waals surface area (Å²) in [5.74, 6) is -0.313. The highest BCUT2D eigenvalue weighted by Gasteiger charge is 2.19. The van der Waals surface area contributed by atoms with Crippen molar-refractivity contribution in [2.24, 2.45) is 0 Å². The Morgan fingerprint density at radius 1 is 1.06 bits per heavy atom. The van der Waals surface area contributed by atoms with Crippen LogP contribution in [0.4, 0.5) is 5.69 Å². The van der Waals surface area contributed by atoms with Crippen LogP contribution in [0.3, 0.4) is 0 Å². The Labute approximate surface area is 191 Å². The van der Waals surface area contributed by atoms with Crippen LogP contribution in [0.15, 0.2) is 54.1 Å². The number of carbonyl (C=O) groups excluding carboxylic acids is 1. The molecule has 0 spiro atoms. The first-order valence-electron chi connectivity index (χ1n) is 9.86. The van der Waals surface area contributed by atoms with E-state index in [-0.39, 0.29) is 30.2 Å². The summed E-state index contributed by atoms with van der Waals surface area (Å²) in [5.41, 5.74) is 2.87. The molecule has 4 rings (SSSR count). The number of nitrogens with zero attached hydrogens (tertiary/aromatic N) is 3. The number of carbonyl (C=O) groups is 1. The van der Waals surface area contributed by atoms with Crippen molar-refractivity contribution in [2.45, 2.75) is 19.8 Å². The van der Waals surface area contributed by atoms with Crippen molar-refractivity contribution in [3.63, 3.8) is 0 Å². The Hall–Kier alpha value is -3.70. The van der Waals surface area contributed by atoms with Gasteiger partial charge in [0.2, 0.25) is 0 Å². The van der Waals surface area contributed by atoms with Crippen LogP contribution in [0.25, 0.3) is 22.3 Å². The lowest BCUT2D eigenvalue weighted by Gasteiger charge is -2.06. The van der Waals surface area contributed by atoms with Gasteiger partial charge in [-0.3, -0.25) is 19.3 Å². The molecule has 10 heteroatoms. The molecule has 2 heterocycles. The van der Waals surface area contributed by atoms with Gasteiger partial charge in [0, 0.05) is 28.8 Å².